The van der Waals surface area contributed by atoms with Crippen molar-refractivity contribution in [3.63, 3.8) is 0 Å². The van der Waals surface area contributed by atoms with E-state index in [1.807, 2.05) is 13.8 Å². The van der Waals surface area contributed by atoms with Gasteiger partial charge in [0.25, 0.3) is 5.60 Å². The molecule has 58 heavy (non-hydrogen) atoms. The number of nitrogens with zero attached hydrogens (tertiary/aromatic N) is 6. The number of imidazole rings is 1. The van der Waals surface area contributed by atoms with Gasteiger partial charge in [-0.15, -0.1) is 0 Å². The zero-order chi connectivity index (χ0) is 42.5. The van der Waals surface area contributed by atoms with Crippen molar-refractivity contribution in [2.24, 2.45) is 0 Å². The van der Waals surface area contributed by atoms with E-state index in [2.05, 4.69) is 26.8 Å². The van der Waals surface area contributed by atoms with Gasteiger partial charge >= 0.3 is 29.9 Å². The molecule has 4 atom stereocenters. The maximum absolute atomic E-state index is 14.0. The lowest BCUT2D eigenvalue weighted by Crippen LogP contribution is -2.58. The summed E-state index contributed by atoms with van der Waals surface area (Å²) >= 11 is 6.37. The van der Waals surface area contributed by atoms with Gasteiger partial charge in [0.05, 0.1) is 26.1 Å². The van der Waals surface area contributed by atoms with Gasteiger partial charge in [0.15, 0.2) is 29.3 Å². The number of benzene rings is 1. The van der Waals surface area contributed by atoms with E-state index in [0.717, 1.165) is 13.3 Å². The van der Waals surface area contributed by atoms with Crippen LogP contribution in [0.3, 0.4) is 0 Å². The molecule has 2 aliphatic rings. The van der Waals surface area contributed by atoms with Crippen molar-refractivity contribution in [2.75, 3.05) is 50.2 Å². The molecule has 0 unspecified atom stereocenters. The molecule has 2 aromatic heterocycles. The average molecular weight is 828 g/mol. The number of esters is 4. The van der Waals surface area contributed by atoms with E-state index in [9.17, 15) is 24.0 Å². The standard InChI is InChI=1S/C39H50ClN7O11/c1-10-53-34(50)38(35(51)54-11-2,19-26-13-15-27(16-14-26)46-18-12-17-45(9)37(46)52)55-20-28-39(22(3)4,58-25(8)49)30(56-24(7)48)33(57-28)47-21-41-29-31(42-23(5)6)43-36(40)44-32(29)47/h13-16,21,23,28,30,33H,3,10-12,17-20H2,1-2,4-9H3,(H,42,43,44)/t28-,30+,33-,39-/m1/s1. The van der Waals surface area contributed by atoms with Crippen molar-refractivity contribution < 1.29 is 52.4 Å². The number of fused-ring (bicyclic) bond motifs is 1. The number of hydrogen-bond acceptors (Lipinski definition) is 15. The Morgan fingerprint density at radius 2 is 1.69 bits per heavy atom. The van der Waals surface area contributed by atoms with Crippen molar-refractivity contribution in [1.29, 1.82) is 0 Å². The average Bonchev–Trinajstić information content (AvgIpc) is 3.70. The molecule has 1 N–H and O–H groups in total. The SMILES string of the molecule is C=C(C)[C@@]1(OC(C)=O)[C@@H](COC(Cc2ccc(N3CCCN(C)C3=O)cc2)(C(=O)OCC)C(=O)OCC)O[C@@H](n2cnc3c(NC(C)C)nc(Cl)nc32)[C@@H]1OC(C)=O. The summed E-state index contributed by atoms with van der Waals surface area (Å²) in [4.78, 5) is 83.1. The van der Waals surface area contributed by atoms with Crippen LogP contribution in [0, 0.1) is 0 Å². The third kappa shape index (κ3) is 8.73. The van der Waals surface area contributed by atoms with E-state index in [0.29, 0.717) is 35.7 Å². The first-order chi connectivity index (χ1) is 27.5. The highest BCUT2D eigenvalue weighted by Gasteiger charge is 2.64. The lowest BCUT2D eigenvalue weighted by molar-refractivity contribution is -0.201. The Hall–Kier alpha value is -5.33. The highest BCUT2D eigenvalue weighted by atomic mass is 35.5. The number of urea groups is 1. The van der Waals surface area contributed by atoms with Crippen LogP contribution in [0.15, 0.2) is 42.7 Å². The smallest absolute Gasteiger partial charge is 0.350 e. The van der Waals surface area contributed by atoms with E-state index in [4.69, 9.17) is 40.0 Å². The summed E-state index contributed by atoms with van der Waals surface area (Å²) < 4.78 is 37.2. The Morgan fingerprint density at radius 3 is 2.26 bits per heavy atom. The fraction of sp³-hybridized carbons (Fsp3) is 0.538. The Labute approximate surface area is 341 Å². The summed E-state index contributed by atoms with van der Waals surface area (Å²) in [5, 5.41) is 3.06. The number of anilines is 2. The monoisotopic (exact) mass is 827 g/mol. The minimum Gasteiger partial charge on any atom is -0.463 e. The Bertz CT molecular complexity index is 2020. The summed E-state index contributed by atoms with van der Waals surface area (Å²) in [6, 6.07) is 6.55. The number of ether oxygens (including phenoxy) is 6. The third-order valence-electron chi connectivity index (χ3n) is 9.66. The van der Waals surface area contributed by atoms with E-state index in [1.165, 1.54) is 17.8 Å². The maximum atomic E-state index is 14.0. The van der Waals surface area contributed by atoms with Crippen molar-refractivity contribution in [3.8, 4) is 0 Å². The van der Waals surface area contributed by atoms with Crippen LogP contribution in [0.2, 0.25) is 5.28 Å². The normalized spacial score (nSPS) is 20.9. The molecular weight excluding hydrogens is 778 g/mol. The van der Waals surface area contributed by atoms with Crippen LogP contribution in [0.25, 0.3) is 11.2 Å². The molecule has 0 bridgehead atoms. The largest absolute Gasteiger partial charge is 0.463 e. The van der Waals surface area contributed by atoms with Crippen LogP contribution in [0.5, 0.6) is 0 Å². The fourth-order valence-corrected chi connectivity index (χ4v) is 7.31. The molecule has 2 fully saturated rings. The number of carbonyl (C=O) groups excluding carboxylic acids is 5. The van der Waals surface area contributed by atoms with Crippen LogP contribution in [0.4, 0.5) is 16.3 Å². The second-order valence-corrected chi connectivity index (χ2v) is 14.6. The van der Waals surface area contributed by atoms with Crippen molar-refractivity contribution in [3.05, 3.63) is 53.6 Å². The predicted molar refractivity (Wildman–Crippen MR) is 210 cm³/mol. The number of carbonyl (C=O) groups is 5. The summed E-state index contributed by atoms with van der Waals surface area (Å²) in [5.41, 5.74) is -2.65. The first kappa shape index (κ1) is 43.8. The van der Waals surface area contributed by atoms with Crippen LogP contribution in [-0.4, -0.2) is 124 Å². The molecule has 0 spiro atoms. The minimum absolute atomic E-state index is 0.0599. The van der Waals surface area contributed by atoms with Crippen LogP contribution in [0.1, 0.15) is 66.7 Å². The van der Waals surface area contributed by atoms with Crippen LogP contribution >= 0.6 is 11.6 Å². The minimum atomic E-state index is -2.43. The first-order valence-electron chi connectivity index (χ1n) is 18.9. The number of amides is 2. The van der Waals surface area contributed by atoms with Gasteiger partial charge in [0, 0.05) is 52.1 Å². The third-order valence-corrected chi connectivity index (χ3v) is 9.82. The molecule has 19 heteroatoms. The lowest BCUT2D eigenvalue weighted by atomic mass is 9.84. The second-order valence-electron chi connectivity index (χ2n) is 14.3. The van der Waals surface area contributed by atoms with E-state index in [1.54, 1.807) is 61.9 Å². The summed E-state index contributed by atoms with van der Waals surface area (Å²) in [6.07, 6.45) is -2.38. The summed E-state index contributed by atoms with van der Waals surface area (Å²) in [6.45, 7) is 15.2. The van der Waals surface area contributed by atoms with E-state index >= 15 is 0 Å². The molecule has 18 nitrogen and oxygen atoms in total. The Balaban J connectivity index is 1.60. The molecule has 5 rings (SSSR count). The number of nitrogens with one attached hydrogen (secondary N) is 1. The Morgan fingerprint density at radius 1 is 1.03 bits per heavy atom. The van der Waals surface area contributed by atoms with Crippen molar-refractivity contribution >= 4 is 64.2 Å². The van der Waals surface area contributed by atoms with E-state index in [-0.39, 0.29) is 48.2 Å². The number of rotatable bonds is 16. The molecule has 0 aliphatic carbocycles. The van der Waals surface area contributed by atoms with Crippen LogP contribution < -0.4 is 10.2 Å². The topological polar surface area (TPSA) is 203 Å². The Kier molecular flexibility index (Phi) is 13.6. The van der Waals surface area contributed by atoms with E-state index < -0.39 is 60.1 Å². The van der Waals surface area contributed by atoms with Gasteiger partial charge in [0.2, 0.25) is 10.9 Å². The molecule has 3 aromatic rings. The fourth-order valence-electron chi connectivity index (χ4n) is 7.15. The molecular formula is C39H50ClN7O11. The highest BCUT2D eigenvalue weighted by Crippen LogP contribution is 2.47. The van der Waals surface area contributed by atoms with Gasteiger partial charge in [-0.25, -0.2) is 19.4 Å². The highest BCUT2D eigenvalue weighted by molar-refractivity contribution is 6.28. The molecule has 1 aromatic carbocycles. The van der Waals surface area contributed by atoms with Gasteiger partial charge in [0.1, 0.15) is 6.10 Å². The summed E-state index contributed by atoms with van der Waals surface area (Å²) in [5.74, 6) is -3.33. The maximum Gasteiger partial charge on any atom is 0.350 e. The van der Waals surface area contributed by atoms with Crippen molar-refractivity contribution in [2.45, 2.75) is 97.0 Å². The molecule has 2 aliphatic heterocycles. The summed E-state index contributed by atoms with van der Waals surface area (Å²) in [7, 11) is 1.73. The second kappa shape index (κ2) is 18.1. The van der Waals surface area contributed by atoms with Gasteiger partial charge in [-0.3, -0.25) is 19.1 Å². The lowest BCUT2D eigenvalue weighted by Gasteiger charge is -2.38. The molecule has 314 valence electrons. The quantitative estimate of drug-likeness (QED) is 0.0700. The predicted octanol–water partition coefficient (Wildman–Crippen LogP) is 4.39. The number of halogens is 1. The van der Waals surface area contributed by atoms with Gasteiger partial charge in [-0.2, -0.15) is 9.97 Å². The molecule has 2 amide bonds. The first-order valence-corrected chi connectivity index (χ1v) is 19.3. The molecule has 2 saturated heterocycles. The van der Waals surface area contributed by atoms with Gasteiger partial charge in [-0.05, 0) is 75.9 Å². The zero-order valence-corrected chi connectivity index (χ0v) is 34.7. The molecule has 0 radical (unpaired) electrons. The van der Waals surface area contributed by atoms with Crippen molar-refractivity contribution in [1.82, 2.24) is 24.4 Å². The van der Waals surface area contributed by atoms with Crippen LogP contribution in [-0.2, 0) is 54.0 Å². The van der Waals surface area contributed by atoms with Gasteiger partial charge in [-0.1, -0.05) is 18.7 Å². The molecule has 4 heterocycles. The zero-order valence-electron chi connectivity index (χ0n) is 33.9. The molecule has 0 saturated carbocycles. The number of aromatic nitrogens is 4. The van der Waals surface area contributed by atoms with Gasteiger partial charge < -0.3 is 38.6 Å². The number of hydrogen-bond donors (Lipinski definition) is 1.